The third-order valence-corrected chi connectivity index (χ3v) is 3.98. The van der Waals surface area contributed by atoms with Crippen LogP contribution in [0.3, 0.4) is 0 Å². The second-order valence-corrected chi connectivity index (χ2v) is 5.24. The van der Waals surface area contributed by atoms with Gasteiger partial charge in [-0.05, 0) is 26.0 Å². The summed E-state index contributed by atoms with van der Waals surface area (Å²) in [5.41, 5.74) is 0.427. The largest absolute Gasteiger partial charge is 0.379 e. The van der Waals surface area contributed by atoms with Crippen molar-refractivity contribution >= 4 is 18.8 Å². The minimum absolute atomic E-state index is 0.175. The maximum atomic E-state index is 12.4. The Morgan fingerprint density at radius 3 is 2.35 bits per heavy atom. The number of hydrogen-bond acceptors (Lipinski definition) is 5. The molecule has 17 heavy (non-hydrogen) atoms. The van der Waals surface area contributed by atoms with Crippen molar-refractivity contribution in [3.05, 3.63) is 23.9 Å². The van der Waals surface area contributed by atoms with E-state index in [1.165, 1.54) is 6.92 Å². The Bertz CT molecular complexity index is 437. The van der Waals surface area contributed by atoms with Crippen LogP contribution in [-0.4, -0.2) is 24.0 Å². The van der Waals surface area contributed by atoms with Gasteiger partial charge in [0.05, 0.1) is 13.2 Å². The highest BCUT2D eigenvalue weighted by atomic mass is 31.2. The van der Waals surface area contributed by atoms with Gasteiger partial charge in [0.2, 0.25) is 0 Å². The topological polar surface area (TPSA) is 65.5 Å². The van der Waals surface area contributed by atoms with Crippen molar-refractivity contribution in [1.29, 1.82) is 0 Å². The average molecular weight is 257 g/mol. The van der Waals surface area contributed by atoms with Gasteiger partial charge >= 0.3 is 7.60 Å². The molecule has 0 aliphatic heterocycles. The van der Waals surface area contributed by atoms with Crippen LogP contribution in [0.15, 0.2) is 18.2 Å². The Morgan fingerprint density at radius 1 is 1.29 bits per heavy atom. The molecule has 0 spiro atoms. The van der Waals surface area contributed by atoms with Crippen molar-refractivity contribution in [3.8, 4) is 0 Å². The molecule has 0 saturated heterocycles. The molecule has 0 aliphatic rings. The number of nitrogens with zero attached hydrogens (tertiary/aromatic N) is 1. The van der Waals surface area contributed by atoms with Crippen LogP contribution in [0.5, 0.6) is 0 Å². The van der Waals surface area contributed by atoms with E-state index in [-0.39, 0.29) is 30.1 Å². The summed E-state index contributed by atoms with van der Waals surface area (Å²) in [6, 6.07) is 4.72. The minimum atomic E-state index is -3.40. The fourth-order valence-electron chi connectivity index (χ4n) is 1.28. The van der Waals surface area contributed by atoms with Gasteiger partial charge in [-0.15, -0.1) is 0 Å². The highest BCUT2D eigenvalue weighted by Gasteiger charge is 2.28. The molecule has 1 heterocycles. The molecule has 0 fully saturated rings. The van der Waals surface area contributed by atoms with Gasteiger partial charge in [0.15, 0.2) is 11.2 Å². The molecule has 0 unspecified atom stereocenters. The van der Waals surface area contributed by atoms with Crippen LogP contribution in [-0.2, 0) is 13.6 Å². The molecule has 1 aromatic rings. The van der Waals surface area contributed by atoms with E-state index in [0.717, 1.165) is 0 Å². The quantitative estimate of drug-likeness (QED) is 0.577. The first-order valence-corrected chi connectivity index (χ1v) is 6.95. The number of Topliss-reactive ketones (excluding diaryl/α,β-unsaturated/α-hetero) is 1. The van der Waals surface area contributed by atoms with Gasteiger partial charge in [-0.1, -0.05) is 6.07 Å². The van der Waals surface area contributed by atoms with Crippen molar-refractivity contribution in [3.63, 3.8) is 0 Å². The van der Waals surface area contributed by atoms with Gasteiger partial charge in [0, 0.05) is 6.92 Å². The maximum Gasteiger partial charge on any atom is 0.379 e. The van der Waals surface area contributed by atoms with E-state index in [2.05, 4.69) is 4.98 Å². The molecule has 0 atom stereocenters. The lowest BCUT2D eigenvalue weighted by Gasteiger charge is -2.16. The van der Waals surface area contributed by atoms with E-state index < -0.39 is 7.60 Å². The molecule has 5 nitrogen and oxygen atoms in total. The summed E-state index contributed by atoms with van der Waals surface area (Å²) in [6.07, 6.45) is 0. The van der Waals surface area contributed by atoms with Gasteiger partial charge in [-0.3, -0.25) is 9.36 Å². The Morgan fingerprint density at radius 2 is 1.88 bits per heavy atom. The van der Waals surface area contributed by atoms with Crippen LogP contribution in [0.4, 0.5) is 0 Å². The zero-order chi connectivity index (χ0) is 12.9. The summed E-state index contributed by atoms with van der Waals surface area (Å²) in [5.74, 6) is -0.189. The Balaban J connectivity index is 3.14. The monoisotopic (exact) mass is 257 g/mol. The second-order valence-electron chi connectivity index (χ2n) is 3.27. The predicted octanol–water partition coefficient (Wildman–Crippen LogP) is 2.18. The number of carbonyl (C=O) groups is 1. The molecule has 0 aliphatic carbocycles. The Kier molecular flexibility index (Phi) is 5.00. The lowest BCUT2D eigenvalue weighted by atomic mass is 10.3. The molecule has 1 aromatic heterocycles. The Labute approximate surface area is 101 Å². The number of hydrogen-bond donors (Lipinski definition) is 0. The lowest BCUT2D eigenvalue weighted by molar-refractivity contribution is 0.101. The number of rotatable bonds is 6. The molecule has 0 amide bonds. The van der Waals surface area contributed by atoms with E-state index >= 15 is 0 Å². The van der Waals surface area contributed by atoms with E-state index in [0.29, 0.717) is 0 Å². The van der Waals surface area contributed by atoms with E-state index in [1.807, 2.05) is 0 Å². The summed E-state index contributed by atoms with van der Waals surface area (Å²) >= 11 is 0. The fraction of sp³-hybridized carbons (Fsp3) is 0.455. The number of ketones is 1. The first-order chi connectivity index (χ1) is 8.03. The van der Waals surface area contributed by atoms with Crippen LogP contribution in [0.1, 0.15) is 31.3 Å². The summed E-state index contributed by atoms with van der Waals surface area (Å²) in [6.45, 7) is 5.35. The first-order valence-electron chi connectivity index (χ1n) is 5.41. The molecule has 0 aromatic carbocycles. The molecule has 0 bridgehead atoms. The molecular formula is C11H16NO4P. The molecule has 0 radical (unpaired) electrons. The van der Waals surface area contributed by atoms with Gasteiger partial charge in [-0.2, -0.15) is 0 Å². The molecule has 0 saturated carbocycles. The SMILES string of the molecule is CCOP(=O)(OCC)c1cccc(C(C)=O)n1. The molecule has 94 valence electrons. The third-order valence-electron chi connectivity index (χ3n) is 1.97. The molecule has 6 heteroatoms. The first kappa shape index (κ1) is 14.0. The third kappa shape index (κ3) is 3.46. The van der Waals surface area contributed by atoms with Crippen LogP contribution in [0.2, 0.25) is 0 Å². The van der Waals surface area contributed by atoms with E-state index in [9.17, 15) is 9.36 Å². The van der Waals surface area contributed by atoms with Crippen molar-refractivity contribution in [2.75, 3.05) is 13.2 Å². The van der Waals surface area contributed by atoms with E-state index in [4.69, 9.17) is 9.05 Å². The summed E-state index contributed by atoms with van der Waals surface area (Å²) in [7, 11) is -3.40. The van der Waals surface area contributed by atoms with Crippen molar-refractivity contribution in [1.82, 2.24) is 4.98 Å². The molecule has 1 rings (SSSR count). The highest BCUT2D eigenvalue weighted by molar-refractivity contribution is 7.61. The summed E-state index contributed by atoms with van der Waals surface area (Å²) in [4.78, 5) is 15.2. The van der Waals surface area contributed by atoms with Crippen molar-refractivity contribution in [2.45, 2.75) is 20.8 Å². The van der Waals surface area contributed by atoms with Crippen molar-refractivity contribution < 1.29 is 18.4 Å². The maximum absolute atomic E-state index is 12.4. The predicted molar refractivity (Wildman–Crippen MR) is 64.7 cm³/mol. The minimum Gasteiger partial charge on any atom is -0.304 e. The number of carbonyl (C=O) groups excluding carboxylic acids is 1. The molecular weight excluding hydrogens is 241 g/mol. The van der Waals surface area contributed by atoms with Crippen LogP contribution in [0.25, 0.3) is 0 Å². The summed E-state index contributed by atoms with van der Waals surface area (Å²) < 4.78 is 22.7. The normalized spacial score (nSPS) is 11.5. The smallest absolute Gasteiger partial charge is 0.304 e. The second kappa shape index (κ2) is 6.05. The molecule has 0 N–H and O–H groups in total. The fourth-order valence-corrected chi connectivity index (χ4v) is 2.80. The van der Waals surface area contributed by atoms with Crippen LogP contribution >= 0.6 is 7.60 Å². The highest BCUT2D eigenvalue weighted by Crippen LogP contribution is 2.45. The van der Waals surface area contributed by atoms with Crippen LogP contribution < -0.4 is 5.44 Å². The van der Waals surface area contributed by atoms with Gasteiger partial charge in [0.25, 0.3) is 0 Å². The Hall–Kier alpha value is -1.03. The summed E-state index contributed by atoms with van der Waals surface area (Å²) in [5, 5.41) is 0. The lowest BCUT2D eigenvalue weighted by Crippen LogP contribution is -2.16. The van der Waals surface area contributed by atoms with Gasteiger partial charge in [-0.25, -0.2) is 4.98 Å². The number of pyridine rings is 1. The zero-order valence-electron chi connectivity index (χ0n) is 10.2. The van der Waals surface area contributed by atoms with Crippen LogP contribution in [0, 0.1) is 0 Å². The van der Waals surface area contributed by atoms with Crippen molar-refractivity contribution in [2.24, 2.45) is 0 Å². The average Bonchev–Trinajstić information content (AvgIpc) is 2.30. The van der Waals surface area contributed by atoms with Gasteiger partial charge < -0.3 is 9.05 Å². The number of aromatic nitrogens is 1. The van der Waals surface area contributed by atoms with Gasteiger partial charge in [0.1, 0.15) is 5.69 Å². The van der Waals surface area contributed by atoms with E-state index in [1.54, 1.807) is 32.0 Å². The standard InChI is InChI=1S/C11H16NO4P/c1-4-15-17(14,16-5-2)11-8-6-7-10(12-11)9(3)13/h6-8H,4-5H2,1-3H3. The zero-order valence-corrected chi connectivity index (χ0v) is 11.1.